The van der Waals surface area contributed by atoms with E-state index in [1.807, 2.05) is 30.3 Å². The lowest BCUT2D eigenvalue weighted by Crippen LogP contribution is -2.32. The summed E-state index contributed by atoms with van der Waals surface area (Å²) in [4.78, 5) is 0. The van der Waals surface area contributed by atoms with E-state index in [4.69, 9.17) is 14.2 Å². The third-order valence-electron chi connectivity index (χ3n) is 3.40. The van der Waals surface area contributed by atoms with Crippen molar-refractivity contribution in [1.82, 2.24) is 0 Å². The van der Waals surface area contributed by atoms with E-state index in [1.165, 1.54) is 14.2 Å². The highest BCUT2D eigenvalue weighted by atomic mass is 16.7. The van der Waals surface area contributed by atoms with Gasteiger partial charge in [0.05, 0.1) is 24.9 Å². The van der Waals surface area contributed by atoms with Gasteiger partial charge in [-0.2, -0.15) is 0 Å². The summed E-state index contributed by atoms with van der Waals surface area (Å²) in [5.74, 6) is 0. The monoisotopic (exact) mass is 298 g/mol. The molecule has 5 nitrogen and oxygen atoms in total. The zero-order chi connectivity index (χ0) is 15.7. The maximum atomic E-state index is 10.1. The molecule has 2 N–H and O–H groups in total. The van der Waals surface area contributed by atoms with E-state index in [0.29, 0.717) is 13.0 Å². The molecular weight excluding hydrogens is 272 g/mol. The molecule has 1 aromatic carbocycles. The number of benzene rings is 1. The van der Waals surface area contributed by atoms with Crippen LogP contribution in [0.5, 0.6) is 0 Å². The number of hydrogen-bond acceptors (Lipinski definition) is 5. The van der Waals surface area contributed by atoms with Crippen molar-refractivity contribution >= 4 is 0 Å². The molecule has 0 amide bonds. The predicted molar refractivity (Wildman–Crippen MR) is 79.7 cm³/mol. The molecular formula is C16H26O5. The van der Waals surface area contributed by atoms with Crippen LogP contribution in [-0.4, -0.2) is 49.0 Å². The fourth-order valence-electron chi connectivity index (χ4n) is 1.99. The molecule has 0 fully saturated rings. The van der Waals surface area contributed by atoms with Gasteiger partial charge in [0.1, 0.15) is 0 Å². The number of rotatable bonds is 10. The summed E-state index contributed by atoms with van der Waals surface area (Å²) < 4.78 is 15.7. The molecule has 21 heavy (non-hydrogen) atoms. The zero-order valence-electron chi connectivity index (χ0n) is 12.9. The van der Waals surface area contributed by atoms with E-state index in [9.17, 15) is 10.2 Å². The predicted octanol–water partition coefficient (Wildman–Crippen LogP) is 1.71. The lowest BCUT2D eigenvalue weighted by atomic mass is 10.0. The molecule has 1 aromatic rings. The van der Waals surface area contributed by atoms with E-state index in [0.717, 1.165) is 5.56 Å². The Hall–Kier alpha value is -0.980. The molecule has 5 heteroatoms. The number of hydrogen-bond donors (Lipinski definition) is 2. The molecule has 0 bridgehead atoms. The summed E-state index contributed by atoms with van der Waals surface area (Å²) in [7, 11) is 3.03. The molecule has 120 valence electrons. The molecule has 0 aliphatic rings. The van der Waals surface area contributed by atoms with E-state index in [1.54, 1.807) is 6.92 Å². The maximum Gasteiger partial charge on any atom is 0.159 e. The van der Waals surface area contributed by atoms with Crippen LogP contribution in [0.2, 0.25) is 0 Å². The highest BCUT2D eigenvalue weighted by Gasteiger charge is 2.21. The largest absolute Gasteiger partial charge is 0.393 e. The van der Waals surface area contributed by atoms with Crippen LogP contribution in [0.25, 0.3) is 0 Å². The number of aliphatic hydroxyl groups is 2. The topological polar surface area (TPSA) is 68.2 Å². The van der Waals surface area contributed by atoms with Gasteiger partial charge in [-0.05, 0) is 12.5 Å². The minimum Gasteiger partial charge on any atom is -0.393 e. The number of aliphatic hydroxyl groups excluding tert-OH is 2. The minimum absolute atomic E-state index is 0.221. The van der Waals surface area contributed by atoms with Crippen molar-refractivity contribution in [1.29, 1.82) is 0 Å². The van der Waals surface area contributed by atoms with Crippen molar-refractivity contribution in [3.63, 3.8) is 0 Å². The first-order chi connectivity index (χ1) is 10.1. The average Bonchev–Trinajstić information content (AvgIpc) is 2.51. The van der Waals surface area contributed by atoms with E-state index < -0.39 is 18.5 Å². The third-order valence-corrected chi connectivity index (χ3v) is 3.40. The summed E-state index contributed by atoms with van der Waals surface area (Å²) in [6.45, 7) is 2.23. The Morgan fingerprint density at radius 1 is 1.00 bits per heavy atom. The Morgan fingerprint density at radius 3 is 2.19 bits per heavy atom. The van der Waals surface area contributed by atoms with Crippen molar-refractivity contribution in [2.75, 3.05) is 14.2 Å². The van der Waals surface area contributed by atoms with Crippen molar-refractivity contribution < 1.29 is 24.4 Å². The van der Waals surface area contributed by atoms with Crippen molar-refractivity contribution in [2.45, 2.75) is 51.0 Å². The van der Waals surface area contributed by atoms with Crippen LogP contribution in [0, 0.1) is 0 Å². The van der Waals surface area contributed by atoms with Crippen molar-refractivity contribution in [3.05, 3.63) is 35.9 Å². The smallest absolute Gasteiger partial charge is 0.159 e. The van der Waals surface area contributed by atoms with Gasteiger partial charge in [0, 0.05) is 27.1 Å². The standard InChI is InChI=1S/C16H26O5/c1-12(21-11-13-7-5-4-6-8-13)15(18)9-14(17)10-16(19-2)20-3/h4-8,12,14-18H,9-11H2,1-3H3/t12-,14+,15+/m1/s1. The van der Waals surface area contributed by atoms with Gasteiger partial charge >= 0.3 is 0 Å². The first-order valence-electron chi connectivity index (χ1n) is 7.14. The Labute approximate surface area is 126 Å². The van der Waals surface area contributed by atoms with Crippen molar-refractivity contribution in [3.8, 4) is 0 Å². The van der Waals surface area contributed by atoms with Gasteiger partial charge in [-0.25, -0.2) is 0 Å². The van der Waals surface area contributed by atoms with E-state index in [-0.39, 0.29) is 12.5 Å². The SMILES string of the molecule is COC(C[C@@H](O)C[C@H](O)[C@@H](C)OCc1ccccc1)OC. The van der Waals surface area contributed by atoms with Gasteiger partial charge in [0.25, 0.3) is 0 Å². The number of methoxy groups -OCH3 is 2. The van der Waals surface area contributed by atoms with E-state index >= 15 is 0 Å². The molecule has 3 atom stereocenters. The first kappa shape index (κ1) is 18.1. The molecule has 0 radical (unpaired) electrons. The highest BCUT2D eigenvalue weighted by molar-refractivity contribution is 5.13. The highest BCUT2D eigenvalue weighted by Crippen LogP contribution is 2.13. The summed E-state index contributed by atoms with van der Waals surface area (Å²) in [5.41, 5.74) is 1.05. The molecule has 1 rings (SSSR count). The van der Waals surface area contributed by atoms with Gasteiger partial charge in [-0.3, -0.25) is 0 Å². The Kier molecular flexibility index (Phi) is 8.49. The lowest BCUT2D eigenvalue weighted by molar-refractivity contribution is -0.129. The van der Waals surface area contributed by atoms with Gasteiger partial charge < -0.3 is 24.4 Å². The third kappa shape index (κ3) is 7.02. The second-order valence-electron chi connectivity index (χ2n) is 5.10. The van der Waals surface area contributed by atoms with Crippen LogP contribution in [0.3, 0.4) is 0 Å². The van der Waals surface area contributed by atoms with Gasteiger partial charge in [0.2, 0.25) is 0 Å². The second kappa shape index (κ2) is 9.87. The van der Waals surface area contributed by atoms with Gasteiger partial charge in [-0.15, -0.1) is 0 Å². The Morgan fingerprint density at radius 2 is 1.62 bits per heavy atom. The molecule has 0 heterocycles. The second-order valence-corrected chi connectivity index (χ2v) is 5.10. The van der Waals surface area contributed by atoms with Crippen LogP contribution in [0.1, 0.15) is 25.3 Å². The fourth-order valence-corrected chi connectivity index (χ4v) is 1.99. The minimum atomic E-state index is -0.738. The quantitative estimate of drug-likeness (QED) is 0.644. The molecule has 0 unspecified atom stereocenters. The van der Waals surface area contributed by atoms with Gasteiger partial charge in [0.15, 0.2) is 6.29 Å². The normalized spacial score (nSPS) is 15.9. The van der Waals surface area contributed by atoms with Crippen molar-refractivity contribution in [2.24, 2.45) is 0 Å². The fraction of sp³-hybridized carbons (Fsp3) is 0.625. The average molecular weight is 298 g/mol. The first-order valence-corrected chi connectivity index (χ1v) is 7.14. The van der Waals surface area contributed by atoms with Crippen LogP contribution in [0.4, 0.5) is 0 Å². The summed E-state index contributed by atoms with van der Waals surface area (Å²) in [6, 6.07) is 9.77. The lowest BCUT2D eigenvalue weighted by Gasteiger charge is -2.23. The Balaban J connectivity index is 2.31. The maximum absolute atomic E-state index is 10.1. The molecule has 0 saturated heterocycles. The summed E-state index contributed by atoms with van der Waals surface area (Å²) in [5, 5.41) is 20.0. The zero-order valence-corrected chi connectivity index (χ0v) is 12.9. The molecule has 0 aliphatic heterocycles. The van der Waals surface area contributed by atoms with E-state index in [2.05, 4.69) is 0 Å². The summed E-state index contributed by atoms with van der Waals surface area (Å²) in [6.07, 6.45) is -1.73. The molecule has 0 spiro atoms. The van der Waals surface area contributed by atoms with Gasteiger partial charge in [-0.1, -0.05) is 30.3 Å². The molecule has 0 aromatic heterocycles. The van der Waals surface area contributed by atoms with Crippen LogP contribution >= 0.6 is 0 Å². The molecule has 0 aliphatic carbocycles. The molecule has 0 saturated carbocycles. The number of ether oxygens (including phenoxy) is 3. The Bertz CT molecular complexity index is 366. The van der Waals surface area contributed by atoms with Crippen LogP contribution in [0.15, 0.2) is 30.3 Å². The van der Waals surface area contributed by atoms with Crippen LogP contribution < -0.4 is 0 Å². The summed E-state index contributed by atoms with van der Waals surface area (Å²) >= 11 is 0. The van der Waals surface area contributed by atoms with Crippen LogP contribution in [-0.2, 0) is 20.8 Å².